The molecule has 0 amide bonds. The highest BCUT2D eigenvalue weighted by Crippen LogP contribution is 2.44. The first kappa shape index (κ1) is 11.7. The Morgan fingerprint density at radius 3 is 2.53 bits per heavy atom. The maximum absolute atomic E-state index is 15.3. The first-order chi connectivity index (χ1) is 9.21. The second-order valence-electron chi connectivity index (χ2n) is 6.36. The third-order valence-electron chi connectivity index (χ3n) is 4.65. The van der Waals surface area contributed by atoms with Crippen LogP contribution >= 0.6 is 0 Å². The van der Waals surface area contributed by atoms with Crippen molar-refractivity contribution < 1.29 is 9.13 Å². The number of nitrogens with one attached hydrogen (secondary N) is 1. The average Bonchev–Trinajstić information content (AvgIpc) is 3.14. The zero-order chi connectivity index (χ0) is 12.9. The fourth-order valence-corrected chi connectivity index (χ4v) is 3.55. The molecule has 2 atom stereocenters. The fraction of sp³-hybridized carbons (Fsp3) is 0.625. The van der Waals surface area contributed by atoms with E-state index in [1.807, 2.05) is 24.3 Å². The van der Waals surface area contributed by atoms with Gasteiger partial charge in [-0.25, -0.2) is 4.39 Å². The van der Waals surface area contributed by atoms with Gasteiger partial charge < -0.3 is 10.1 Å². The van der Waals surface area contributed by atoms with Crippen molar-refractivity contribution in [3.8, 4) is 5.75 Å². The van der Waals surface area contributed by atoms with Gasteiger partial charge in [-0.2, -0.15) is 0 Å². The second kappa shape index (κ2) is 4.20. The molecule has 2 bridgehead atoms. The maximum atomic E-state index is 15.3. The number of ether oxygens (including phenoxy) is 1. The first-order valence-electron chi connectivity index (χ1n) is 7.43. The molecule has 0 aromatic heterocycles. The lowest BCUT2D eigenvalue weighted by atomic mass is 9.83. The molecule has 2 unspecified atom stereocenters. The van der Waals surface area contributed by atoms with Gasteiger partial charge in [0.25, 0.3) is 0 Å². The van der Waals surface area contributed by atoms with Gasteiger partial charge in [0, 0.05) is 24.9 Å². The third kappa shape index (κ3) is 2.25. The predicted octanol–water partition coefficient (Wildman–Crippen LogP) is 3.31. The molecule has 1 saturated carbocycles. The van der Waals surface area contributed by atoms with Crippen LogP contribution in [0.25, 0.3) is 0 Å². The molecule has 102 valence electrons. The van der Waals surface area contributed by atoms with Gasteiger partial charge in [0.15, 0.2) is 0 Å². The van der Waals surface area contributed by atoms with Crippen molar-refractivity contribution in [1.29, 1.82) is 0 Å². The van der Waals surface area contributed by atoms with Crippen molar-refractivity contribution >= 4 is 0 Å². The second-order valence-corrected chi connectivity index (χ2v) is 6.36. The largest absolute Gasteiger partial charge is 0.490 e. The van der Waals surface area contributed by atoms with E-state index in [1.54, 1.807) is 0 Å². The average molecular weight is 261 g/mol. The first-order valence-corrected chi connectivity index (χ1v) is 7.43. The van der Waals surface area contributed by atoms with Gasteiger partial charge in [-0.3, -0.25) is 0 Å². The number of fused-ring (bicyclic) bond motifs is 2. The van der Waals surface area contributed by atoms with Crippen molar-refractivity contribution in [2.24, 2.45) is 0 Å². The molecule has 0 radical (unpaired) electrons. The van der Waals surface area contributed by atoms with E-state index in [2.05, 4.69) is 5.32 Å². The van der Waals surface area contributed by atoms with Gasteiger partial charge in [-0.15, -0.1) is 0 Å². The standard InChI is InChI=1S/C16H20FNO/c17-16(9-12-4-5-13(10-16)18-12)11-2-1-3-15(8-11)19-14-6-7-14/h1-3,8,12-14,18H,4-7,9-10H2. The van der Waals surface area contributed by atoms with Gasteiger partial charge in [0.05, 0.1) is 6.10 Å². The minimum absolute atomic E-state index is 0.358. The number of alkyl halides is 1. The molecule has 2 nitrogen and oxygen atoms in total. The summed E-state index contributed by atoms with van der Waals surface area (Å²) in [4.78, 5) is 0. The summed E-state index contributed by atoms with van der Waals surface area (Å²) in [5.74, 6) is 0.836. The lowest BCUT2D eigenvalue weighted by Crippen LogP contribution is -2.44. The monoisotopic (exact) mass is 261 g/mol. The molecule has 1 aromatic rings. The van der Waals surface area contributed by atoms with Crippen LogP contribution in [0.4, 0.5) is 4.39 Å². The summed E-state index contributed by atoms with van der Waals surface area (Å²) in [5.41, 5.74) is -0.357. The highest BCUT2D eigenvalue weighted by atomic mass is 19.1. The summed E-state index contributed by atoms with van der Waals surface area (Å²) in [5, 5.41) is 3.50. The predicted molar refractivity (Wildman–Crippen MR) is 72.1 cm³/mol. The van der Waals surface area contributed by atoms with E-state index >= 15 is 4.39 Å². The van der Waals surface area contributed by atoms with Crippen LogP contribution in [0.15, 0.2) is 24.3 Å². The summed E-state index contributed by atoms with van der Waals surface area (Å²) in [7, 11) is 0. The number of rotatable bonds is 3. The molecule has 2 heterocycles. The molecule has 3 aliphatic rings. The van der Waals surface area contributed by atoms with Gasteiger partial charge in [-0.1, -0.05) is 12.1 Å². The van der Waals surface area contributed by atoms with Crippen molar-refractivity contribution in [3.63, 3.8) is 0 Å². The lowest BCUT2D eigenvalue weighted by molar-refractivity contribution is 0.0870. The Morgan fingerprint density at radius 2 is 1.84 bits per heavy atom. The summed E-state index contributed by atoms with van der Waals surface area (Å²) in [6.45, 7) is 0. The topological polar surface area (TPSA) is 21.3 Å². The van der Waals surface area contributed by atoms with E-state index in [0.717, 1.165) is 37.0 Å². The molecular weight excluding hydrogens is 241 g/mol. The van der Waals surface area contributed by atoms with Crippen LogP contribution in [0.1, 0.15) is 44.1 Å². The normalized spacial score (nSPS) is 37.3. The molecule has 1 N–H and O–H groups in total. The fourth-order valence-electron chi connectivity index (χ4n) is 3.55. The molecular formula is C16H20FNO. The van der Waals surface area contributed by atoms with E-state index in [-0.39, 0.29) is 0 Å². The van der Waals surface area contributed by atoms with Crippen LogP contribution < -0.4 is 10.1 Å². The van der Waals surface area contributed by atoms with Crippen LogP contribution in [-0.2, 0) is 5.67 Å². The zero-order valence-electron chi connectivity index (χ0n) is 11.1. The Hall–Kier alpha value is -1.09. The molecule has 0 spiro atoms. The minimum Gasteiger partial charge on any atom is -0.490 e. The van der Waals surface area contributed by atoms with E-state index in [9.17, 15) is 0 Å². The molecule has 3 heteroatoms. The number of hydrogen-bond donors (Lipinski definition) is 1. The Morgan fingerprint density at radius 1 is 1.11 bits per heavy atom. The van der Waals surface area contributed by atoms with Crippen molar-refractivity contribution in [1.82, 2.24) is 5.32 Å². The molecule has 1 aliphatic carbocycles. The zero-order valence-corrected chi connectivity index (χ0v) is 11.1. The summed E-state index contributed by atoms with van der Waals surface area (Å²) in [6, 6.07) is 8.43. The third-order valence-corrected chi connectivity index (χ3v) is 4.65. The molecule has 4 rings (SSSR count). The lowest BCUT2D eigenvalue weighted by Gasteiger charge is -2.35. The van der Waals surface area contributed by atoms with Gasteiger partial charge in [-0.05, 0) is 43.4 Å². The number of hydrogen-bond acceptors (Lipinski definition) is 2. The Kier molecular flexibility index (Phi) is 2.59. The Bertz CT molecular complexity index is 473. The van der Waals surface area contributed by atoms with Crippen LogP contribution in [-0.4, -0.2) is 18.2 Å². The highest BCUT2D eigenvalue weighted by Gasteiger charge is 2.45. The van der Waals surface area contributed by atoms with E-state index in [0.29, 0.717) is 31.0 Å². The Balaban J connectivity index is 1.59. The van der Waals surface area contributed by atoms with Crippen LogP contribution in [0, 0.1) is 0 Å². The molecule has 2 aliphatic heterocycles. The van der Waals surface area contributed by atoms with E-state index in [1.165, 1.54) is 0 Å². The van der Waals surface area contributed by atoms with Crippen LogP contribution in [0.2, 0.25) is 0 Å². The van der Waals surface area contributed by atoms with Gasteiger partial charge in [0.2, 0.25) is 0 Å². The van der Waals surface area contributed by atoms with Crippen LogP contribution in [0.5, 0.6) is 5.75 Å². The summed E-state index contributed by atoms with van der Waals surface area (Å²) >= 11 is 0. The van der Waals surface area contributed by atoms with Crippen molar-refractivity contribution in [3.05, 3.63) is 29.8 Å². The van der Waals surface area contributed by atoms with Crippen LogP contribution in [0.3, 0.4) is 0 Å². The number of benzene rings is 1. The minimum atomic E-state index is -1.17. The van der Waals surface area contributed by atoms with E-state index < -0.39 is 5.67 Å². The smallest absolute Gasteiger partial charge is 0.139 e. The molecule has 1 aromatic carbocycles. The molecule has 3 fully saturated rings. The number of halogens is 1. The maximum Gasteiger partial charge on any atom is 0.139 e. The van der Waals surface area contributed by atoms with Gasteiger partial charge in [0.1, 0.15) is 11.4 Å². The Labute approximate surface area is 113 Å². The number of piperidine rings is 1. The highest BCUT2D eigenvalue weighted by molar-refractivity contribution is 5.34. The summed E-state index contributed by atoms with van der Waals surface area (Å²) < 4.78 is 21.1. The van der Waals surface area contributed by atoms with Crippen molar-refractivity contribution in [2.75, 3.05) is 0 Å². The molecule has 2 saturated heterocycles. The quantitative estimate of drug-likeness (QED) is 0.901. The SMILES string of the molecule is FC1(c2cccc(OC3CC3)c2)CC2CCC(C1)N2. The van der Waals surface area contributed by atoms with Crippen molar-refractivity contribution in [2.45, 2.75) is 62.4 Å². The van der Waals surface area contributed by atoms with E-state index in [4.69, 9.17) is 4.74 Å². The molecule has 19 heavy (non-hydrogen) atoms. The summed E-state index contributed by atoms with van der Waals surface area (Å²) in [6.07, 6.45) is 6.10. The van der Waals surface area contributed by atoms with Gasteiger partial charge >= 0.3 is 0 Å².